The highest BCUT2D eigenvalue weighted by Gasteiger charge is 2.43. The van der Waals surface area contributed by atoms with E-state index < -0.39 is 11.4 Å². The normalized spacial score (nSPS) is 28.6. The van der Waals surface area contributed by atoms with Gasteiger partial charge in [-0.05, 0) is 19.8 Å². The van der Waals surface area contributed by atoms with E-state index in [0.717, 1.165) is 19.3 Å². The molecule has 1 aliphatic carbocycles. The summed E-state index contributed by atoms with van der Waals surface area (Å²) < 4.78 is 0. The molecule has 92 valence electrons. The number of nitrogens with one attached hydrogen (secondary N) is 1. The van der Waals surface area contributed by atoms with Crippen LogP contribution in [0.5, 0.6) is 0 Å². The predicted octanol–water partition coefficient (Wildman–Crippen LogP) is 1.92. The molecular formula is C12H17N3O2. The number of anilines is 1. The Morgan fingerprint density at radius 3 is 3.00 bits per heavy atom. The zero-order valence-electron chi connectivity index (χ0n) is 9.89. The molecule has 1 fully saturated rings. The van der Waals surface area contributed by atoms with E-state index in [2.05, 4.69) is 15.3 Å². The fourth-order valence-corrected chi connectivity index (χ4v) is 2.37. The van der Waals surface area contributed by atoms with E-state index in [4.69, 9.17) is 0 Å². The zero-order valence-corrected chi connectivity index (χ0v) is 9.89. The van der Waals surface area contributed by atoms with Crippen LogP contribution in [-0.2, 0) is 4.79 Å². The molecule has 0 spiro atoms. The summed E-state index contributed by atoms with van der Waals surface area (Å²) in [4.78, 5) is 19.5. The summed E-state index contributed by atoms with van der Waals surface area (Å²) in [5.41, 5.74) is -0.713. The van der Waals surface area contributed by atoms with Crippen molar-refractivity contribution in [3.8, 4) is 0 Å². The van der Waals surface area contributed by atoms with Gasteiger partial charge in [-0.2, -0.15) is 0 Å². The summed E-state index contributed by atoms with van der Waals surface area (Å²) in [6.45, 7) is 1.81. The fourth-order valence-electron chi connectivity index (χ4n) is 2.37. The second kappa shape index (κ2) is 4.69. The minimum atomic E-state index is -0.737. The minimum absolute atomic E-state index is 0.0783. The molecule has 1 saturated carbocycles. The van der Waals surface area contributed by atoms with Gasteiger partial charge in [-0.3, -0.25) is 9.78 Å². The van der Waals surface area contributed by atoms with Crippen LogP contribution in [0.25, 0.3) is 0 Å². The van der Waals surface area contributed by atoms with Crippen LogP contribution in [0.3, 0.4) is 0 Å². The highest BCUT2D eigenvalue weighted by Crippen LogP contribution is 2.37. The molecule has 5 heteroatoms. The van der Waals surface area contributed by atoms with E-state index in [-0.39, 0.29) is 6.04 Å². The van der Waals surface area contributed by atoms with Gasteiger partial charge in [0.25, 0.3) is 0 Å². The number of nitrogens with zero attached hydrogens (tertiary/aromatic N) is 2. The van der Waals surface area contributed by atoms with Crippen molar-refractivity contribution in [3.05, 3.63) is 18.6 Å². The summed E-state index contributed by atoms with van der Waals surface area (Å²) in [6, 6.07) is -0.0783. The molecule has 0 aliphatic heterocycles. The lowest BCUT2D eigenvalue weighted by Gasteiger charge is -2.38. The van der Waals surface area contributed by atoms with Gasteiger partial charge < -0.3 is 10.4 Å². The molecule has 1 aliphatic rings. The van der Waals surface area contributed by atoms with Gasteiger partial charge in [-0.15, -0.1) is 0 Å². The molecule has 2 N–H and O–H groups in total. The Kier molecular flexibility index (Phi) is 3.26. The maximum absolute atomic E-state index is 11.4. The quantitative estimate of drug-likeness (QED) is 0.837. The molecule has 17 heavy (non-hydrogen) atoms. The van der Waals surface area contributed by atoms with Crippen LogP contribution < -0.4 is 5.32 Å². The van der Waals surface area contributed by atoms with Gasteiger partial charge in [0.05, 0.1) is 11.6 Å². The van der Waals surface area contributed by atoms with Crippen LogP contribution in [-0.4, -0.2) is 27.1 Å². The number of carboxylic acids is 1. The second-order valence-electron chi connectivity index (χ2n) is 4.76. The first-order valence-corrected chi connectivity index (χ1v) is 5.89. The van der Waals surface area contributed by atoms with Gasteiger partial charge in [-0.25, -0.2) is 4.98 Å². The topological polar surface area (TPSA) is 75.1 Å². The second-order valence-corrected chi connectivity index (χ2v) is 4.76. The summed E-state index contributed by atoms with van der Waals surface area (Å²) in [5.74, 6) is -0.0922. The van der Waals surface area contributed by atoms with E-state index in [1.807, 2.05) is 6.92 Å². The first-order valence-electron chi connectivity index (χ1n) is 5.89. The molecule has 2 rings (SSSR count). The Morgan fingerprint density at radius 1 is 1.53 bits per heavy atom. The standard InChI is InChI=1S/C12H17N3O2/c1-12(11(16)17)5-3-2-4-9(12)15-10-8-13-6-7-14-10/h6-9H,2-5H2,1H3,(H,14,15)(H,16,17). The Morgan fingerprint density at radius 2 is 2.35 bits per heavy atom. The number of carboxylic acid groups (broad SMARTS) is 1. The van der Waals surface area contributed by atoms with Gasteiger partial charge >= 0.3 is 5.97 Å². The van der Waals surface area contributed by atoms with Gasteiger partial charge in [-0.1, -0.05) is 12.8 Å². The average Bonchev–Trinajstić information content (AvgIpc) is 2.33. The summed E-state index contributed by atoms with van der Waals surface area (Å²) in [5, 5.41) is 12.6. The van der Waals surface area contributed by atoms with Crippen molar-refractivity contribution in [3.63, 3.8) is 0 Å². The van der Waals surface area contributed by atoms with Crippen molar-refractivity contribution in [2.24, 2.45) is 5.41 Å². The number of hydrogen-bond donors (Lipinski definition) is 2. The third kappa shape index (κ3) is 2.38. The van der Waals surface area contributed by atoms with Crippen LogP contribution in [0.1, 0.15) is 32.6 Å². The highest BCUT2D eigenvalue weighted by atomic mass is 16.4. The van der Waals surface area contributed by atoms with Gasteiger partial charge in [0.15, 0.2) is 0 Å². The Bertz CT molecular complexity index is 396. The Labute approximate surface area is 100 Å². The van der Waals surface area contributed by atoms with Crippen LogP contribution in [0.2, 0.25) is 0 Å². The van der Waals surface area contributed by atoms with Crippen molar-refractivity contribution in [2.75, 3.05) is 5.32 Å². The molecule has 0 bridgehead atoms. The van der Waals surface area contributed by atoms with Crippen molar-refractivity contribution in [1.82, 2.24) is 9.97 Å². The minimum Gasteiger partial charge on any atom is -0.481 e. The van der Waals surface area contributed by atoms with Crippen molar-refractivity contribution in [1.29, 1.82) is 0 Å². The van der Waals surface area contributed by atoms with E-state index in [0.29, 0.717) is 12.2 Å². The predicted molar refractivity (Wildman–Crippen MR) is 63.7 cm³/mol. The molecule has 5 nitrogen and oxygen atoms in total. The summed E-state index contributed by atoms with van der Waals surface area (Å²) in [7, 11) is 0. The number of rotatable bonds is 3. The van der Waals surface area contributed by atoms with Crippen molar-refractivity contribution >= 4 is 11.8 Å². The smallest absolute Gasteiger partial charge is 0.311 e. The van der Waals surface area contributed by atoms with Crippen LogP contribution in [0.4, 0.5) is 5.82 Å². The van der Waals surface area contributed by atoms with E-state index in [9.17, 15) is 9.90 Å². The maximum Gasteiger partial charge on any atom is 0.311 e. The van der Waals surface area contributed by atoms with E-state index in [1.165, 1.54) is 0 Å². The summed E-state index contributed by atoms with van der Waals surface area (Å²) >= 11 is 0. The number of carbonyl (C=O) groups is 1. The highest BCUT2D eigenvalue weighted by molar-refractivity contribution is 5.76. The van der Waals surface area contributed by atoms with Crippen LogP contribution in [0, 0.1) is 5.41 Å². The van der Waals surface area contributed by atoms with E-state index >= 15 is 0 Å². The molecule has 0 amide bonds. The molecule has 2 atom stereocenters. The van der Waals surface area contributed by atoms with Gasteiger partial charge in [0.1, 0.15) is 5.82 Å². The largest absolute Gasteiger partial charge is 0.481 e. The fraction of sp³-hybridized carbons (Fsp3) is 0.583. The van der Waals surface area contributed by atoms with Gasteiger partial charge in [0.2, 0.25) is 0 Å². The lowest BCUT2D eigenvalue weighted by atomic mass is 9.71. The van der Waals surface area contributed by atoms with Crippen molar-refractivity contribution in [2.45, 2.75) is 38.6 Å². The zero-order chi connectivity index (χ0) is 12.3. The van der Waals surface area contributed by atoms with Crippen LogP contribution >= 0.6 is 0 Å². The lowest BCUT2D eigenvalue weighted by molar-refractivity contribution is -0.150. The third-order valence-corrected chi connectivity index (χ3v) is 3.58. The third-order valence-electron chi connectivity index (χ3n) is 3.58. The van der Waals surface area contributed by atoms with Gasteiger partial charge in [0, 0.05) is 18.4 Å². The summed E-state index contributed by atoms with van der Waals surface area (Å²) in [6.07, 6.45) is 8.42. The number of hydrogen-bond acceptors (Lipinski definition) is 4. The first-order chi connectivity index (χ1) is 8.13. The SMILES string of the molecule is CC1(C(=O)O)CCCCC1Nc1cnccn1. The molecule has 2 unspecified atom stereocenters. The van der Waals surface area contributed by atoms with E-state index in [1.54, 1.807) is 18.6 Å². The molecular weight excluding hydrogens is 218 g/mol. The molecule has 0 saturated heterocycles. The molecule has 0 aromatic carbocycles. The lowest BCUT2D eigenvalue weighted by Crippen LogP contribution is -2.46. The van der Waals surface area contributed by atoms with Crippen LogP contribution in [0.15, 0.2) is 18.6 Å². The number of aromatic nitrogens is 2. The molecule has 1 heterocycles. The molecule has 1 aromatic heterocycles. The molecule has 1 aromatic rings. The average molecular weight is 235 g/mol. The number of aliphatic carboxylic acids is 1. The molecule has 0 radical (unpaired) electrons. The monoisotopic (exact) mass is 235 g/mol. The van der Waals surface area contributed by atoms with Crippen molar-refractivity contribution < 1.29 is 9.90 Å². The first kappa shape index (κ1) is 11.8. The Hall–Kier alpha value is -1.65. The maximum atomic E-state index is 11.4. The Balaban J connectivity index is 2.15.